The van der Waals surface area contributed by atoms with Gasteiger partial charge in [0.25, 0.3) is 0 Å². The summed E-state index contributed by atoms with van der Waals surface area (Å²) in [4.78, 5) is 2.29. The standard InChI is InChI=1S/C9H20N2O2/c1-13-9-2-4-11(5-3-9)6-8(10)7-12/h8-9,12H,2-7,10H2,1H3. The fraction of sp³-hybridized carbons (Fsp3) is 1.00. The molecule has 0 spiro atoms. The average molecular weight is 188 g/mol. The second-order valence-electron chi connectivity index (χ2n) is 3.68. The number of nitrogens with two attached hydrogens (primary N) is 1. The highest BCUT2D eigenvalue weighted by Gasteiger charge is 2.19. The maximum absolute atomic E-state index is 8.79. The van der Waals surface area contributed by atoms with Gasteiger partial charge in [0, 0.05) is 32.8 Å². The quantitative estimate of drug-likeness (QED) is 0.619. The summed E-state index contributed by atoms with van der Waals surface area (Å²) in [5, 5.41) is 8.79. The maximum Gasteiger partial charge on any atom is 0.0595 e. The molecule has 0 bridgehead atoms. The molecule has 0 aliphatic carbocycles. The van der Waals surface area contributed by atoms with Crippen LogP contribution in [0.25, 0.3) is 0 Å². The van der Waals surface area contributed by atoms with E-state index in [4.69, 9.17) is 15.6 Å². The van der Waals surface area contributed by atoms with Crippen LogP contribution in [0.1, 0.15) is 12.8 Å². The first-order valence-corrected chi connectivity index (χ1v) is 4.88. The van der Waals surface area contributed by atoms with Gasteiger partial charge in [0.1, 0.15) is 0 Å². The van der Waals surface area contributed by atoms with E-state index in [9.17, 15) is 0 Å². The third kappa shape index (κ3) is 3.60. The highest BCUT2D eigenvalue weighted by molar-refractivity contribution is 4.75. The number of rotatable bonds is 4. The summed E-state index contributed by atoms with van der Waals surface area (Å²) in [6, 6.07) is -0.0981. The SMILES string of the molecule is COC1CCN(CC(N)CO)CC1. The molecule has 1 fully saturated rings. The van der Waals surface area contributed by atoms with Crippen LogP contribution in [-0.2, 0) is 4.74 Å². The molecule has 4 nitrogen and oxygen atoms in total. The Morgan fingerprint density at radius 3 is 2.62 bits per heavy atom. The summed E-state index contributed by atoms with van der Waals surface area (Å²) in [5.41, 5.74) is 5.65. The van der Waals surface area contributed by atoms with Gasteiger partial charge in [-0.1, -0.05) is 0 Å². The van der Waals surface area contributed by atoms with Gasteiger partial charge >= 0.3 is 0 Å². The first kappa shape index (κ1) is 10.9. The number of aliphatic hydroxyl groups is 1. The lowest BCUT2D eigenvalue weighted by Gasteiger charge is -2.32. The highest BCUT2D eigenvalue weighted by atomic mass is 16.5. The summed E-state index contributed by atoms with van der Waals surface area (Å²) in [5.74, 6) is 0. The second kappa shape index (κ2) is 5.54. The Hall–Kier alpha value is -0.160. The minimum Gasteiger partial charge on any atom is -0.395 e. The van der Waals surface area contributed by atoms with Gasteiger partial charge in [0.2, 0.25) is 0 Å². The van der Waals surface area contributed by atoms with Gasteiger partial charge in [-0.3, -0.25) is 0 Å². The van der Waals surface area contributed by atoms with Crippen molar-refractivity contribution in [3.05, 3.63) is 0 Å². The van der Waals surface area contributed by atoms with Crippen molar-refractivity contribution in [1.82, 2.24) is 4.90 Å². The van der Waals surface area contributed by atoms with E-state index in [2.05, 4.69) is 4.90 Å². The molecule has 78 valence electrons. The number of hydrogen-bond acceptors (Lipinski definition) is 4. The molecule has 0 aromatic heterocycles. The molecule has 1 aliphatic heterocycles. The molecule has 1 saturated heterocycles. The van der Waals surface area contributed by atoms with Crippen molar-refractivity contribution in [2.24, 2.45) is 5.73 Å². The maximum atomic E-state index is 8.79. The predicted molar refractivity (Wildman–Crippen MR) is 51.5 cm³/mol. The van der Waals surface area contributed by atoms with Gasteiger partial charge in [-0.05, 0) is 12.8 Å². The number of nitrogens with zero attached hydrogens (tertiary/aromatic N) is 1. The molecule has 1 atom stereocenters. The molecule has 4 heteroatoms. The Balaban J connectivity index is 2.17. The molecule has 1 unspecified atom stereocenters. The van der Waals surface area contributed by atoms with Crippen LogP contribution in [0.4, 0.5) is 0 Å². The van der Waals surface area contributed by atoms with Crippen LogP contribution < -0.4 is 5.73 Å². The van der Waals surface area contributed by atoms with Gasteiger partial charge in [-0.25, -0.2) is 0 Å². The van der Waals surface area contributed by atoms with E-state index in [-0.39, 0.29) is 12.6 Å². The molecule has 1 heterocycles. The van der Waals surface area contributed by atoms with Crippen LogP contribution in [0.15, 0.2) is 0 Å². The van der Waals surface area contributed by atoms with E-state index in [0.717, 1.165) is 32.5 Å². The third-order valence-electron chi connectivity index (χ3n) is 2.60. The van der Waals surface area contributed by atoms with Crippen molar-refractivity contribution in [2.45, 2.75) is 25.0 Å². The first-order valence-electron chi connectivity index (χ1n) is 4.88. The van der Waals surface area contributed by atoms with Crippen molar-refractivity contribution < 1.29 is 9.84 Å². The van der Waals surface area contributed by atoms with Crippen molar-refractivity contribution in [3.8, 4) is 0 Å². The van der Waals surface area contributed by atoms with Crippen molar-refractivity contribution in [1.29, 1.82) is 0 Å². The number of methoxy groups -OCH3 is 1. The molecule has 1 aliphatic rings. The molecule has 0 aromatic carbocycles. The third-order valence-corrected chi connectivity index (χ3v) is 2.60. The minimum atomic E-state index is -0.0981. The monoisotopic (exact) mass is 188 g/mol. The summed E-state index contributed by atoms with van der Waals surface area (Å²) in [6.07, 6.45) is 2.57. The molecule has 0 aromatic rings. The van der Waals surface area contributed by atoms with E-state index in [1.807, 2.05) is 0 Å². The smallest absolute Gasteiger partial charge is 0.0595 e. The molecular weight excluding hydrogens is 168 g/mol. The van der Waals surface area contributed by atoms with Gasteiger partial charge < -0.3 is 20.5 Å². The van der Waals surface area contributed by atoms with Crippen LogP contribution in [0.5, 0.6) is 0 Å². The predicted octanol–water partition coefficient (Wildman–Crippen LogP) is -0.583. The highest BCUT2D eigenvalue weighted by Crippen LogP contribution is 2.12. The van der Waals surface area contributed by atoms with Crippen molar-refractivity contribution in [3.63, 3.8) is 0 Å². The van der Waals surface area contributed by atoms with Crippen LogP contribution in [0.3, 0.4) is 0 Å². The minimum absolute atomic E-state index is 0.0736. The summed E-state index contributed by atoms with van der Waals surface area (Å²) in [7, 11) is 1.76. The molecule has 3 N–H and O–H groups in total. The topological polar surface area (TPSA) is 58.7 Å². The number of ether oxygens (including phenoxy) is 1. The summed E-state index contributed by atoms with van der Waals surface area (Å²) >= 11 is 0. The van der Waals surface area contributed by atoms with Crippen molar-refractivity contribution >= 4 is 0 Å². The molecule has 0 radical (unpaired) electrons. The van der Waals surface area contributed by atoms with E-state index in [1.165, 1.54) is 0 Å². The Kier molecular flexibility index (Phi) is 4.66. The van der Waals surface area contributed by atoms with Gasteiger partial charge in [0.05, 0.1) is 12.7 Å². The Labute approximate surface area is 79.7 Å². The van der Waals surface area contributed by atoms with E-state index < -0.39 is 0 Å². The molecule has 1 rings (SSSR count). The van der Waals surface area contributed by atoms with E-state index in [0.29, 0.717) is 6.10 Å². The number of likely N-dealkylation sites (tertiary alicyclic amines) is 1. The van der Waals surface area contributed by atoms with Gasteiger partial charge in [-0.15, -0.1) is 0 Å². The lowest BCUT2D eigenvalue weighted by Crippen LogP contribution is -2.44. The van der Waals surface area contributed by atoms with Crippen LogP contribution in [-0.4, -0.2) is 55.5 Å². The van der Waals surface area contributed by atoms with Crippen LogP contribution >= 0.6 is 0 Å². The second-order valence-corrected chi connectivity index (χ2v) is 3.68. The molecule has 0 saturated carbocycles. The zero-order valence-electron chi connectivity index (χ0n) is 8.28. The fourth-order valence-corrected chi connectivity index (χ4v) is 1.72. The lowest BCUT2D eigenvalue weighted by molar-refractivity contribution is 0.0377. The number of piperidine rings is 1. The molecule has 13 heavy (non-hydrogen) atoms. The Morgan fingerprint density at radius 1 is 1.54 bits per heavy atom. The largest absolute Gasteiger partial charge is 0.395 e. The summed E-state index contributed by atoms with van der Waals surface area (Å²) < 4.78 is 5.26. The fourth-order valence-electron chi connectivity index (χ4n) is 1.72. The number of aliphatic hydroxyl groups excluding tert-OH is 1. The Morgan fingerprint density at radius 2 is 2.15 bits per heavy atom. The molecular formula is C9H20N2O2. The molecule has 0 amide bonds. The van der Waals surface area contributed by atoms with Gasteiger partial charge in [0.15, 0.2) is 0 Å². The van der Waals surface area contributed by atoms with E-state index >= 15 is 0 Å². The average Bonchev–Trinajstić information content (AvgIpc) is 2.19. The lowest BCUT2D eigenvalue weighted by atomic mass is 10.1. The zero-order chi connectivity index (χ0) is 9.68. The van der Waals surface area contributed by atoms with Gasteiger partial charge in [-0.2, -0.15) is 0 Å². The zero-order valence-corrected chi connectivity index (χ0v) is 8.28. The van der Waals surface area contributed by atoms with Crippen LogP contribution in [0, 0.1) is 0 Å². The summed E-state index contributed by atoms with van der Waals surface area (Å²) in [6.45, 7) is 2.94. The van der Waals surface area contributed by atoms with E-state index in [1.54, 1.807) is 7.11 Å². The normalized spacial score (nSPS) is 23.3. The van der Waals surface area contributed by atoms with Crippen molar-refractivity contribution in [2.75, 3.05) is 33.4 Å². The number of hydrogen-bond donors (Lipinski definition) is 2. The van der Waals surface area contributed by atoms with Crippen LogP contribution in [0.2, 0.25) is 0 Å². The first-order chi connectivity index (χ1) is 6.26. The Bertz CT molecular complexity index is 136.